The molecule has 34 heavy (non-hydrogen) atoms. The van der Waals surface area contributed by atoms with Crippen LogP contribution in [-0.4, -0.2) is 58.4 Å². The Bertz CT molecular complexity index is 1290. The van der Waals surface area contributed by atoms with Gasteiger partial charge in [0.05, 0.1) is 25.0 Å². The Balaban J connectivity index is 1.68. The molecule has 9 nitrogen and oxygen atoms in total. The van der Waals surface area contributed by atoms with Crippen LogP contribution >= 0.6 is 0 Å². The number of carbonyl (C=O) groups excluding carboxylic acids is 2. The smallest absolute Gasteiger partial charge is 0.253 e. The van der Waals surface area contributed by atoms with Gasteiger partial charge in [-0.25, -0.2) is 13.4 Å². The first-order chi connectivity index (χ1) is 16.3. The minimum Gasteiger partial charge on any atom is -0.496 e. The van der Waals surface area contributed by atoms with Gasteiger partial charge in [-0.05, 0) is 42.8 Å². The number of nitrogens with one attached hydrogen (secondary N) is 1. The number of ether oxygens (including phenoxy) is 2. The highest BCUT2D eigenvalue weighted by Gasteiger charge is 2.23. The molecule has 10 heteroatoms. The topological polar surface area (TPSA) is 114 Å². The Labute approximate surface area is 199 Å². The Morgan fingerprint density at radius 2 is 1.65 bits per heavy atom. The summed E-state index contributed by atoms with van der Waals surface area (Å²) in [4.78, 5) is 29.4. The normalized spacial score (nSPS) is 15.2. The quantitative estimate of drug-likeness (QED) is 0.537. The van der Waals surface area contributed by atoms with Gasteiger partial charge in [0.25, 0.3) is 11.8 Å². The number of rotatable bonds is 10. The lowest BCUT2D eigenvalue weighted by atomic mass is 9.99. The zero-order valence-corrected chi connectivity index (χ0v) is 20.5. The number of benzene rings is 2. The van der Waals surface area contributed by atoms with E-state index >= 15 is 0 Å². The Kier molecular flexibility index (Phi) is 8.06. The van der Waals surface area contributed by atoms with Crippen molar-refractivity contribution in [3.63, 3.8) is 0 Å². The second-order valence-corrected chi connectivity index (χ2v) is 9.55. The van der Waals surface area contributed by atoms with Gasteiger partial charge in [-0.2, -0.15) is 4.31 Å². The highest BCUT2D eigenvalue weighted by molar-refractivity contribution is 7.89. The van der Waals surface area contributed by atoms with Crippen LogP contribution in [0.5, 0.6) is 11.5 Å². The highest BCUT2D eigenvalue weighted by Crippen LogP contribution is 2.17. The minimum atomic E-state index is -3.59. The van der Waals surface area contributed by atoms with Crippen molar-refractivity contribution in [3.8, 4) is 11.5 Å². The summed E-state index contributed by atoms with van der Waals surface area (Å²) >= 11 is 0. The molecular formula is C24H29N3O6S. The standard InChI is InChI=1S/C24H29N3O6S/c1-5-27(6-2)34(30,31)18-9-7-16(8-10-18)23(28)25-14-13-17-15-19-20(32-3)11-12-21(33-4)22(19)26-24(17)29/h7-12,15,17H,5-6,13-14H2,1-4H3,(H,25,28). The zero-order valence-electron chi connectivity index (χ0n) is 19.7. The van der Waals surface area contributed by atoms with E-state index in [1.165, 1.54) is 35.7 Å². The number of hydrogen-bond acceptors (Lipinski definition) is 6. The van der Waals surface area contributed by atoms with Gasteiger partial charge in [0.2, 0.25) is 10.0 Å². The van der Waals surface area contributed by atoms with Crippen LogP contribution in [0.1, 0.15) is 30.6 Å². The van der Waals surface area contributed by atoms with E-state index in [0.29, 0.717) is 47.1 Å². The maximum Gasteiger partial charge on any atom is 0.253 e. The molecule has 1 aliphatic heterocycles. The van der Waals surface area contributed by atoms with E-state index in [1.807, 2.05) is 0 Å². The molecule has 1 N–H and O–H groups in total. The predicted octanol–water partition coefficient (Wildman–Crippen LogP) is 1.11. The molecule has 1 heterocycles. The average Bonchev–Trinajstić information content (AvgIpc) is 2.84. The Morgan fingerprint density at radius 3 is 2.24 bits per heavy atom. The summed E-state index contributed by atoms with van der Waals surface area (Å²) < 4.78 is 37.2. The molecule has 0 bridgehead atoms. The number of sulfonamides is 1. The predicted molar refractivity (Wildman–Crippen MR) is 127 cm³/mol. The summed E-state index contributed by atoms with van der Waals surface area (Å²) in [6, 6.07) is 9.26. The lowest BCUT2D eigenvalue weighted by Crippen LogP contribution is -2.37. The molecule has 3 rings (SSSR count). The fourth-order valence-corrected chi connectivity index (χ4v) is 5.25. The third kappa shape index (κ3) is 5.13. The van der Waals surface area contributed by atoms with E-state index in [2.05, 4.69) is 10.3 Å². The van der Waals surface area contributed by atoms with Crippen molar-refractivity contribution in [3.05, 3.63) is 52.5 Å². The average molecular weight is 488 g/mol. The lowest BCUT2D eigenvalue weighted by Gasteiger charge is -2.18. The third-order valence-electron chi connectivity index (χ3n) is 5.69. The van der Waals surface area contributed by atoms with Gasteiger partial charge < -0.3 is 14.8 Å². The summed E-state index contributed by atoms with van der Waals surface area (Å²) in [7, 11) is -0.535. The van der Waals surface area contributed by atoms with Crippen molar-refractivity contribution in [1.29, 1.82) is 0 Å². The van der Waals surface area contributed by atoms with E-state index in [4.69, 9.17) is 9.47 Å². The van der Waals surface area contributed by atoms with E-state index in [0.717, 1.165) is 0 Å². The van der Waals surface area contributed by atoms with Gasteiger partial charge in [-0.15, -0.1) is 0 Å². The fourth-order valence-electron chi connectivity index (χ4n) is 3.80. The maximum atomic E-state index is 12.6. The highest BCUT2D eigenvalue weighted by atomic mass is 32.2. The van der Waals surface area contributed by atoms with E-state index < -0.39 is 15.9 Å². The SMILES string of the molecule is CCN(CC)S(=O)(=O)c1ccc(C(=O)NCCC2C=c3c(OC)ccc(OC)c3=NC2=O)cc1. The maximum absolute atomic E-state index is 12.6. The first-order valence-corrected chi connectivity index (χ1v) is 12.4. The third-order valence-corrected chi connectivity index (χ3v) is 7.75. The van der Waals surface area contributed by atoms with E-state index in [9.17, 15) is 18.0 Å². The number of nitrogens with zero attached hydrogens (tertiary/aromatic N) is 2. The molecule has 1 atom stereocenters. The summed E-state index contributed by atoms with van der Waals surface area (Å²) in [6.45, 7) is 4.52. The molecule has 0 aromatic heterocycles. The molecule has 0 saturated carbocycles. The van der Waals surface area contributed by atoms with Gasteiger partial charge in [0.1, 0.15) is 16.9 Å². The van der Waals surface area contributed by atoms with Gasteiger partial charge in [-0.1, -0.05) is 19.9 Å². The number of carbonyl (C=O) groups is 2. The largest absolute Gasteiger partial charge is 0.496 e. The molecule has 2 aromatic rings. The Hall–Kier alpha value is -3.24. The molecule has 0 radical (unpaired) electrons. The number of methoxy groups -OCH3 is 2. The summed E-state index contributed by atoms with van der Waals surface area (Å²) in [5, 5.41) is 3.90. The molecule has 2 aromatic carbocycles. The molecule has 0 saturated heterocycles. The van der Waals surface area contributed by atoms with Crippen molar-refractivity contribution in [2.75, 3.05) is 33.9 Å². The zero-order chi connectivity index (χ0) is 24.9. The number of amides is 2. The van der Waals surface area contributed by atoms with Crippen LogP contribution in [0.25, 0.3) is 6.08 Å². The molecule has 1 aliphatic rings. The fraction of sp³-hybridized carbons (Fsp3) is 0.375. The van der Waals surface area contributed by atoms with Gasteiger partial charge in [-0.3, -0.25) is 9.59 Å². The summed E-state index contributed by atoms with van der Waals surface area (Å²) in [5.41, 5.74) is 0.332. The molecular weight excluding hydrogens is 458 g/mol. The van der Waals surface area contributed by atoms with E-state index in [-0.39, 0.29) is 23.3 Å². The van der Waals surface area contributed by atoms with E-state index in [1.54, 1.807) is 39.2 Å². The van der Waals surface area contributed by atoms with Crippen LogP contribution in [0, 0.1) is 5.92 Å². The van der Waals surface area contributed by atoms with Crippen molar-refractivity contribution < 1.29 is 27.5 Å². The van der Waals surface area contributed by atoms with Crippen LogP contribution in [-0.2, 0) is 14.8 Å². The lowest BCUT2D eigenvalue weighted by molar-refractivity contribution is -0.120. The first-order valence-electron chi connectivity index (χ1n) is 11.0. The van der Waals surface area contributed by atoms with Gasteiger partial charge in [0.15, 0.2) is 0 Å². The molecule has 182 valence electrons. The van der Waals surface area contributed by atoms with Gasteiger partial charge >= 0.3 is 0 Å². The summed E-state index contributed by atoms with van der Waals surface area (Å²) in [5.74, 6) is -0.124. The van der Waals surface area contributed by atoms with Crippen LogP contribution in [0.4, 0.5) is 0 Å². The molecule has 0 aliphatic carbocycles. The van der Waals surface area contributed by atoms with Crippen LogP contribution in [0.3, 0.4) is 0 Å². The molecule has 2 amide bonds. The number of hydrogen-bond donors (Lipinski definition) is 1. The minimum absolute atomic E-state index is 0.139. The van der Waals surface area contributed by atoms with Gasteiger partial charge in [0, 0.05) is 30.4 Å². The van der Waals surface area contributed by atoms with Crippen LogP contribution in [0.15, 0.2) is 46.3 Å². The van der Waals surface area contributed by atoms with Crippen LogP contribution in [0.2, 0.25) is 0 Å². The van der Waals surface area contributed by atoms with Crippen molar-refractivity contribution in [2.24, 2.45) is 10.9 Å². The van der Waals surface area contributed by atoms with Crippen LogP contribution < -0.4 is 25.4 Å². The Morgan fingerprint density at radius 1 is 1.03 bits per heavy atom. The molecule has 0 spiro atoms. The number of fused-ring (bicyclic) bond motifs is 1. The van der Waals surface area contributed by atoms with Crippen molar-refractivity contribution in [2.45, 2.75) is 25.2 Å². The van der Waals surface area contributed by atoms with Crippen molar-refractivity contribution in [1.82, 2.24) is 9.62 Å². The second-order valence-electron chi connectivity index (χ2n) is 7.61. The van der Waals surface area contributed by atoms with Crippen molar-refractivity contribution >= 4 is 27.9 Å². The first kappa shape index (κ1) is 25.4. The summed E-state index contributed by atoms with van der Waals surface area (Å²) in [6.07, 6.45) is 2.13. The molecule has 0 fully saturated rings. The second kappa shape index (κ2) is 10.8. The molecule has 1 unspecified atom stereocenters. The monoisotopic (exact) mass is 487 g/mol.